The maximum absolute atomic E-state index is 10.5. The van der Waals surface area contributed by atoms with E-state index >= 15 is 0 Å². The summed E-state index contributed by atoms with van der Waals surface area (Å²) in [4.78, 5) is 0. The molecule has 3 N–H and O–H groups in total. The molecule has 0 aliphatic carbocycles. The zero-order chi connectivity index (χ0) is 10.1. The summed E-state index contributed by atoms with van der Waals surface area (Å²) >= 11 is 1.87. The number of ether oxygens (including phenoxy) is 1. The molecule has 0 aromatic heterocycles. The van der Waals surface area contributed by atoms with E-state index in [9.17, 15) is 5.11 Å². The molecule has 0 saturated carbocycles. The highest BCUT2D eigenvalue weighted by Crippen LogP contribution is 2.38. The van der Waals surface area contributed by atoms with Crippen molar-refractivity contribution >= 4 is 11.8 Å². The average Bonchev–Trinajstić information content (AvgIpc) is 2.20. The number of rotatable bonds is 1. The molecular weight excluding hydrogens is 198 g/mol. The van der Waals surface area contributed by atoms with Crippen molar-refractivity contribution in [2.45, 2.75) is 36.8 Å². The number of hydrogen-bond donors (Lipinski definition) is 2. The van der Waals surface area contributed by atoms with Gasteiger partial charge in [0.25, 0.3) is 0 Å². The Kier molecular flexibility index (Phi) is 3.07. The first kappa shape index (κ1) is 10.7. The highest BCUT2D eigenvalue weighted by atomic mass is 32.2. The third-order valence-electron chi connectivity index (χ3n) is 3.52. The van der Waals surface area contributed by atoms with Crippen LogP contribution in [0.1, 0.15) is 25.7 Å². The van der Waals surface area contributed by atoms with Gasteiger partial charge < -0.3 is 15.6 Å². The van der Waals surface area contributed by atoms with Crippen LogP contribution >= 0.6 is 11.8 Å². The molecule has 82 valence electrons. The summed E-state index contributed by atoms with van der Waals surface area (Å²) in [5, 5.41) is 10.5. The van der Waals surface area contributed by atoms with Crippen LogP contribution in [0.3, 0.4) is 0 Å². The van der Waals surface area contributed by atoms with Gasteiger partial charge in [-0.1, -0.05) is 0 Å². The molecule has 4 heteroatoms. The molecule has 2 fully saturated rings. The molecule has 0 bridgehead atoms. The molecule has 0 amide bonds. The fourth-order valence-corrected chi connectivity index (χ4v) is 3.66. The fourth-order valence-electron chi connectivity index (χ4n) is 2.39. The predicted octanol–water partition coefficient (Wildman–Crippen LogP) is 0.752. The first-order valence-corrected chi connectivity index (χ1v) is 6.49. The summed E-state index contributed by atoms with van der Waals surface area (Å²) < 4.78 is 5.28. The topological polar surface area (TPSA) is 55.5 Å². The second-order valence-electron chi connectivity index (χ2n) is 4.46. The van der Waals surface area contributed by atoms with E-state index in [1.54, 1.807) is 0 Å². The maximum atomic E-state index is 10.5. The molecular formula is C10H19NO2S. The Morgan fingerprint density at radius 2 is 1.93 bits per heavy atom. The lowest BCUT2D eigenvalue weighted by molar-refractivity contribution is -0.106. The summed E-state index contributed by atoms with van der Waals surface area (Å²) in [6, 6.07) is 0. The van der Waals surface area contributed by atoms with Gasteiger partial charge in [0.15, 0.2) is 0 Å². The zero-order valence-electron chi connectivity index (χ0n) is 8.50. The van der Waals surface area contributed by atoms with Gasteiger partial charge >= 0.3 is 0 Å². The van der Waals surface area contributed by atoms with Crippen LogP contribution in [-0.4, -0.2) is 41.0 Å². The second-order valence-corrected chi connectivity index (χ2v) is 5.56. The van der Waals surface area contributed by atoms with E-state index in [4.69, 9.17) is 10.5 Å². The molecule has 2 aliphatic heterocycles. The third kappa shape index (κ3) is 1.81. The van der Waals surface area contributed by atoms with Gasteiger partial charge in [0.1, 0.15) is 0 Å². The Bertz CT molecular complexity index is 176. The molecule has 0 spiro atoms. The van der Waals surface area contributed by atoms with Gasteiger partial charge in [-0.3, -0.25) is 0 Å². The van der Waals surface area contributed by atoms with Crippen LogP contribution in [0.2, 0.25) is 0 Å². The second kappa shape index (κ2) is 4.00. The van der Waals surface area contributed by atoms with Crippen molar-refractivity contribution in [3.63, 3.8) is 0 Å². The van der Waals surface area contributed by atoms with Crippen LogP contribution < -0.4 is 5.73 Å². The van der Waals surface area contributed by atoms with Gasteiger partial charge in [0, 0.05) is 31.8 Å². The number of hydrogen-bond acceptors (Lipinski definition) is 4. The summed E-state index contributed by atoms with van der Waals surface area (Å²) in [6.07, 6.45) is 3.48. The average molecular weight is 217 g/mol. The Labute approximate surface area is 89.4 Å². The van der Waals surface area contributed by atoms with E-state index in [2.05, 4.69) is 0 Å². The molecule has 0 aromatic rings. The number of aliphatic hydroxyl groups is 1. The van der Waals surface area contributed by atoms with Crippen LogP contribution in [0.4, 0.5) is 0 Å². The first-order valence-electron chi connectivity index (χ1n) is 5.33. The van der Waals surface area contributed by atoms with Crippen LogP contribution in [-0.2, 0) is 4.74 Å². The van der Waals surface area contributed by atoms with E-state index in [0.29, 0.717) is 26.1 Å². The van der Waals surface area contributed by atoms with Crippen molar-refractivity contribution in [3.8, 4) is 0 Å². The van der Waals surface area contributed by atoms with E-state index in [1.807, 2.05) is 11.8 Å². The molecule has 2 saturated heterocycles. The lowest BCUT2D eigenvalue weighted by Gasteiger charge is -2.48. The van der Waals surface area contributed by atoms with Gasteiger partial charge in [-0.05, 0) is 18.6 Å². The minimum absolute atomic E-state index is 0.375. The monoisotopic (exact) mass is 217 g/mol. The van der Waals surface area contributed by atoms with Crippen molar-refractivity contribution in [3.05, 3.63) is 0 Å². The van der Waals surface area contributed by atoms with E-state index in [0.717, 1.165) is 18.6 Å². The van der Waals surface area contributed by atoms with Crippen molar-refractivity contribution in [1.29, 1.82) is 0 Å². The number of thioether (sulfide) groups is 1. The summed E-state index contributed by atoms with van der Waals surface area (Å²) in [5.74, 6) is 2.08. The van der Waals surface area contributed by atoms with Gasteiger partial charge in [-0.2, -0.15) is 11.8 Å². The fraction of sp³-hybridized carbons (Fsp3) is 1.00. The SMILES string of the molecule is NC1(C2(O)CCOCC2)CCCSC1. The van der Waals surface area contributed by atoms with Crippen molar-refractivity contribution in [2.24, 2.45) is 5.73 Å². The lowest BCUT2D eigenvalue weighted by Crippen LogP contribution is -2.65. The Hall–Kier alpha value is 0.230. The first-order chi connectivity index (χ1) is 6.66. The largest absolute Gasteiger partial charge is 0.388 e. The van der Waals surface area contributed by atoms with Gasteiger partial charge in [-0.15, -0.1) is 0 Å². The van der Waals surface area contributed by atoms with Crippen molar-refractivity contribution < 1.29 is 9.84 Å². The molecule has 2 heterocycles. The Morgan fingerprint density at radius 1 is 1.21 bits per heavy atom. The molecule has 0 radical (unpaired) electrons. The highest BCUT2D eigenvalue weighted by Gasteiger charge is 2.48. The van der Waals surface area contributed by atoms with Crippen LogP contribution in [0.25, 0.3) is 0 Å². The lowest BCUT2D eigenvalue weighted by atomic mass is 9.73. The molecule has 1 atom stereocenters. The van der Waals surface area contributed by atoms with E-state index in [-0.39, 0.29) is 5.54 Å². The van der Waals surface area contributed by atoms with Gasteiger partial charge in [0.05, 0.1) is 11.1 Å². The Morgan fingerprint density at radius 3 is 2.50 bits per heavy atom. The van der Waals surface area contributed by atoms with Crippen LogP contribution in [0.15, 0.2) is 0 Å². The molecule has 2 rings (SSSR count). The molecule has 0 aromatic carbocycles. The maximum Gasteiger partial charge on any atom is 0.0878 e. The van der Waals surface area contributed by atoms with Gasteiger partial charge in [-0.25, -0.2) is 0 Å². The molecule has 3 nitrogen and oxygen atoms in total. The molecule has 2 aliphatic rings. The third-order valence-corrected chi connectivity index (χ3v) is 4.81. The predicted molar refractivity (Wildman–Crippen MR) is 58.5 cm³/mol. The quantitative estimate of drug-likeness (QED) is 0.680. The normalized spacial score (nSPS) is 38.1. The summed E-state index contributed by atoms with van der Waals surface area (Å²) in [5.41, 5.74) is 5.28. The Balaban J connectivity index is 2.09. The molecule has 14 heavy (non-hydrogen) atoms. The minimum atomic E-state index is -0.682. The standard InChI is InChI=1S/C10H19NO2S/c11-9(2-1-7-14-8-9)10(12)3-5-13-6-4-10/h12H,1-8,11H2. The smallest absolute Gasteiger partial charge is 0.0878 e. The van der Waals surface area contributed by atoms with Crippen molar-refractivity contribution in [2.75, 3.05) is 24.7 Å². The van der Waals surface area contributed by atoms with E-state index < -0.39 is 5.60 Å². The number of nitrogens with two attached hydrogens (primary N) is 1. The van der Waals surface area contributed by atoms with Crippen LogP contribution in [0.5, 0.6) is 0 Å². The summed E-state index contributed by atoms with van der Waals surface area (Å²) in [6.45, 7) is 1.31. The van der Waals surface area contributed by atoms with Gasteiger partial charge in [0.2, 0.25) is 0 Å². The van der Waals surface area contributed by atoms with E-state index in [1.165, 1.54) is 5.75 Å². The molecule has 1 unspecified atom stereocenters. The zero-order valence-corrected chi connectivity index (χ0v) is 9.31. The van der Waals surface area contributed by atoms with Crippen LogP contribution in [0, 0.1) is 0 Å². The van der Waals surface area contributed by atoms with Crippen molar-refractivity contribution in [1.82, 2.24) is 0 Å². The summed E-state index contributed by atoms with van der Waals surface area (Å²) in [7, 11) is 0. The minimum Gasteiger partial charge on any atom is -0.388 e. The highest BCUT2D eigenvalue weighted by molar-refractivity contribution is 7.99.